The molecule has 8 heteroatoms. The fraction of sp³-hybridized carbons (Fsp3) is 0.292. The first kappa shape index (κ1) is 20.5. The summed E-state index contributed by atoms with van der Waals surface area (Å²) in [7, 11) is 1.66. The lowest BCUT2D eigenvalue weighted by Crippen LogP contribution is -2.41. The van der Waals surface area contributed by atoms with E-state index in [4.69, 9.17) is 9.47 Å². The molecule has 4 aromatic rings. The Hall–Kier alpha value is -3.39. The molecule has 1 saturated heterocycles. The maximum absolute atomic E-state index is 12.9. The number of hydrogen-bond acceptors (Lipinski definition) is 6. The van der Waals surface area contributed by atoms with Crippen LogP contribution in [0.2, 0.25) is 0 Å². The lowest BCUT2D eigenvalue weighted by Gasteiger charge is -2.31. The molecule has 1 aliphatic rings. The molecule has 0 aliphatic carbocycles. The molecule has 1 amide bonds. The molecule has 2 aromatic carbocycles. The van der Waals surface area contributed by atoms with Gasteiger partial charge < -0.3 is 18.9 Å². The first-order valence-electron chi connectivity index (χ1n) is 10.6. The number of imidazole rings is 1. The molecule has 5 rings (SSSR count). The van der Waals surface area contributed by atoms with Crippen LogP contribution in [0.4, 0.5) is 0 Å². The summed E-state index contributed by atoms with van der Waals surface area (Å²) < 4.78 is 14.5. The van der Waals surface area contributed by atoms with Crippen LogP contribution in [0.25, 0.3) is 10.2 Å². The molecule has 0 N–H and O–H groups in total. The van der Waals surface area contributed by atoms with Crippen molar-refractivity contribution in [3.8, 4) is 10.9 Å². The van der Waals surface area contributed by atoms with Crippen LogP contribution in [0.1, 0.15) is 28.8 Å². The summed E-state index contributed by atoms with van der Waals surface area (Å²) in [5.74, 6) is 0.888. The number of piperidine rings is 1. The smallest absolute Gasteiger partial charge is 0.274 e. The predicted octanol–water partition coefficient (Wildman–Crippen LogP) is 4.23. The molecule has 164 valence electrons. The molecule has 0 atom stereocenters. The van der Waals surface area contributed by atoms with Crippen molar-refractivity contribution in [2.24, 2.45) is 0 Å². The largest absolute Gasteiger partial charge is 0.497 e. The lowest BCUT2D eigenvalue weighted by atomic mass is 10.1. The molecule has 1 fully saturated rings. The van der Waals surface area contributed by atoms with Crippen molar-refractivity contribution in [2.75, 3.05) is 20.2 Å². The summed E-state index contributed by atoms with van der Waals surface area (Å²) in [5.41, 5.74) is 2.77. The Balaban J connectivity index is 1.16. The van der Waals surface area contributed by atoms with E-state index >= 15 is 0 Å². The SMILES string of the molecule is COc1ccc2nc(OC3CCN(C(=O)c4ccc(Cn5ccnc5)cc4)CC3)sc2c1. The van der Waals surface area contributed by atoms with Crippen LogP contribution < -0.4 is 9.47 Å². The molecule has 0 saturated carbocycles. The second-order valence-electron chi connectivity index (χ2n) is 7.85. The van der Waals surface area contributed by atoms with Gasteiger partial charge in [0.05, 0.1) is 23.7 Å². The highest BCUT2D eigenvalue weighted by Gasteiger charge is 2.25. The molecule has 3 heterocycles. The number of aromatic nitrogens is 3. The monoisotopic (exact) mass is 448 g/mol. The van der Waals surface area contributed by atoms with E-state index in [1.54, 1.807) is 19.6 Å². The van der Waals surface area contributed by atoms with Gasteiger partial charge in [-0.3, -0.25) is 4.79 Å². The molecule has 0 unspecified atom stereocenters. The predicted molar refractivity (Wildman–Crippen MR) is 123 cm³/mol. The minimum absolute atomic E-state index is 0.0686. The van der Waals surface area contributed by atoms with Gasteiger partial charge in [-0.1, -0.05) is 23.5 Å². The maximum atomic E-state index is 12.9. The number of hydrogen-bond donors (Lipinski definition) is 0. The van der Waals surface area contributed by atoms with E-state index in [1.165, 1.54) is 11.3 Å². The first-order chi connectivity index (χ1) is 15.7. The molecule has 1 aliphatic heterocycles. The highest BCUT2D eigenvalue weighted by Crippen LogP contribution is 2.32. The Morgan fingerprint density at radius 2 is 1.97 bits per heavy atom. The third kappa shape index (κ3) is 4.45. The Bertz CT molecular complexity index is 1200. The van der Waals surface area contributed by atoms with Crippen molar-refractivity contribution < 1.29 is 14.3 Å². The van der Waals surface area contributed by atoms with Gasteiger partial charge in [-0.15, -0.1) is 0 Å². The normalized spacial score (nSPS) is 14.6. The minimum atomic E-state index is 0.0686. The van der Waals surface area contributed by atoms with Crippen LogP contribution in [0.3, 0.4) is 0 Å². The topological polar surface area (TPSA) is 69.5 Å². The van der Waals surface area contributed by atoms with Crippen molar-refractivity contribution >= 4 is 27.5 Å². The van der Waals surface area contributed by atoms with Crippen molar-refractivity contribution in [1.29, 1.82) is 0 Å². The molecule has 0 bridgehead atoms. The fourth-order valence-electron chi connectivity index (χ4n) is 3.91. The molecular weight excluding hydrogens is 424 g/mol. The molecule has 2 aromatic heterocycles. The Labute approximate surface area is 190 Å². The summed E-state index contributed by atoms with van der Waals surface area (Å²) in [6, 6.07) is 13.6. The van der Waals surface area contributed by atoms with E-state index in [2.05, 4.69) is 9.97 Å². The number of rotatable bonds is 6. The van der Waals surface area contributed by atoms with Gasteiger partial charge in [-0.2, -0.15) is 0 Å². The van der Waals surface area contributed by atoms with Crippen LogP contribution in [0.5, 0.6) is 10.9 Å². The summed E-state index contributed by atoms with van der Waals surface area (Å²) in [5, 5.41) is 0.673. The van der Waals surface area contributed by atoms with Gasteiger partial charge in [0.1, 0.15) is 11.9 Å². The molecule has 32 heavy (non-hydrogen) atoms. The number of amides is 1. The van der Waals surface area contributed by atoms with Gasteiger partial charge in [0, 0.05) is 50.4 Å². The maximum Gasteiger partial charge on any atom is 0.274 e. The third-order valence-corrected chi connectivity index (χ3v) is 6.61. The number of thiazole rings is 1. The van der Waals surface area contributed by atoms with E-state index in [1.807, 2.05) is 58.1 Å². The number of methoxy groups -OCH3 is 1. The summed E-state index contributed by atoms with van der Waals surface area (Å²) in [6.07, 6.45) is 7.14. The number of fused-ring (bicyclic) bond motifs is 1. The Morgan fingerprint density at radius 1 is 1.16 bits per heavy atom. The third-order valence-electron chi connectivity index (χ3n) is 5.70. The molecule has 0 radical (unpaired) electrons. The number of ether oxygens (including phenoxy) is 2. The quantitative estimate of drug-likeness (QED) is 0.441. The summed E-state index contributed by atoms with van der Waals surface area (Å²) in [6.45, 7) is 2.10. The Kier molecular flexibility index (Phi) is 5.77. The van der Waals surface area contributed by atoms with Crippen LogP contribution >= 0.6 is 11.3 Å². The van der Waals surface area contributed by atoms with Crippen molar-refractivity contribution in [1.82, 2.24) is 19.4 Å². The zero-order valence-electron chi connectivity index (χ0n) is 17.8. The van der Waals surface area contributed by atoms with E-state index in [-0.39, 0.29) is 12.0 Å². The number of benzene rings is 2. The van der Waals surface area contributed by atoms with Crippen molar-refractivity contribution in [3.05, 3.63) is 72.3 Å². The average Bonchev–Trinajstić information content (AvgIpc) is 3.48. The van der Waals surface area contributed by atoms with E-state index in [0.29, 0.717) is 18.3 Å². The number of likely N-dealkylation sites (tertiary alicyclic amines) is 1. The first-order valence-corrected chi connectivity index (χ1v) is 11.4. The van der Waals surface area contributed by atoms with Crippen molar-refractivity contribution in [3.63, 3.8) is 0 Å². The van der Waals surface area contributed by atoms with Gasteiger partial charge in [0.25, 0.3) is 11.1 Å². The fourth-order valence-corrected chi connectivity index (χ4v) is 4.82. The van der Waals surface area contributed by atoms with Gasteiger partial charge in [0.15, 0.2) is 0 Å². The van der Waals surface area contributed by atoms with Crippen LogP contribution in [-0.2, 0) is 6.54 Å². The zero-order chi connectivity index (χ0) is 21.9. The second-order valence-corrected chi connectivity index (χ2v) is 8.85. The van der Waals surface area contributed by atoms with E-state index < -0.39 is 0 Å². The van der Waals surface area contributed by atoms with Crippen LogP contribution in [-0.4, -0.2) is 51.6 Å². The molecule has 0 spiro atoms. The summed E-state index contributed by atoms with van der Waals surface area (Å²) >= 11 is 1.53. The minimum Gasteiger partial charge on any atom is -0.497 e. The van der Waals surface area contributed by atoms with Crippen molar-refractivity contribution in [2.45, 2.75) is 25.5 Å². The zero-order valence-corrected chi connectivity index (χ0v) is 18.6. The summed E-state index contributed by atoms with van der Waals surface area (Å²) in [4.78, 5) is 23.5. The standard InChI is InChI=1S/C24H24N4O3S/c1-30-20-6-7-21-22(14-20)32-24(26-21)31-19-8-11-28(12-9-19)23(29)18-4-2-17(3-5-18)15-27-13-10-25-16-27/h2-7,10,13-14,16,19H,8-9,11-12,15H2,1H3. The number of carbonyl (C=O) groups excluding carboxylic acids is 1. The second kappa shape index (κ2) is 9.00. The number of nitrogens with zero attached hydrogens (tertiary/aromatic N) is 4. The van der Waals surface area contributed by atoms with Gasteiger partial charge >= 0.3 is 0 Å². The van der Waals surface area contributed by atoms with Crippen LogP contribution in [0.15, 0.2) is 61.2 Å². The van der Waals surface area contributed by atoms with Gasteiger partial charge in [0.2, 0.25) is 0 Å². The highest BCUT2D eigenvalue weighted by atomic mass is 32.1. The molecule has 7 nitrogen and oxygen atoms in total. The Morgan fingerprint density at radius 3 is 2.69 bits per heavy atom. The van der Waals surface area contributed by atoms with Gasteiger partial charge in [-0.05, 0) is 35.9 Å². The number of carbonyl (C=O) groups is 1. The van der Waals surface area contributed by atoms with E-state index in [9.17, 15) is 4.79 Å². The van der Waals surface area contributed by atoms with E-state index in [0.717, 1.165) is 46.5 Å². The van der Waals surface area contributed by atoms with Crippen LogP contribution in [0, 0.1) is 0 Å². The highest BCUT2D eigenvalue weighted by molar-refractivity contribution is 7.20. The van der Waals surface area contributed by atoms with Gasteiger partial charge in [-0.25, -0.2) is 9.97 Å². The molecular formula is C24H24N4O3S. The average molecular weight is 449 g/mol. The lowest BCUT2D eigenvalue weighted by molar-refractivity contribution is 0.0595.